The van der Waals surface area contributed by atoms with Crippen LogP contribution in [0, 0.1) is 17.5 Å². The molecule has 2 aliphatic carbocycles. The summed E-state index contributed by atoms with van der Waals surface area (Å²) in [6.07, 6.45) is 20.0. The SMILES string of the molecule is CCCn1cc(-n2c(Br)c(Sc3cccc(C(=O)OCC)c3)c3ccc(Cl)c(F)c32)cn1.CCCn1cc(-n2c(C3CC3)c(Sc3ccccc3)c3ccc(Cl)c(F)c32)cn1.CCCn1cc(-n2cc(Sc3cccc(C(=O)OCC)c3)c3ccc(Cl)c(F)c32)cn1.O.OB(O)C1CC1.[Li+].[OH-]. The van der Waals surface area contributed by atoms with Crippen molar-refractivity contribution in [2.24, 2.45) is 0 Å². The van der Waals surface area contributed by atoms with Crippen LogP contribution in [0.25, 0.3) is 49.8 Å². The molecule has 2 fully saturated rings. The third-order valence-electron chi connectivity index (χ3n) is 15.9. The molecule has 0 spiro atoms. The van der Waals surface area contributed by atoms with Gasteiger partial charge < -0.3 is 39.6 Å². The number of hydrogen-bond donors (Lipinski definition) is 2. The van der Waals surface area contributed by atoms with Gasteiger partial charge in [0.2, 0.25) is 0 Å². The standard InChI is InChI=1S/C23H20BrClFN3O2S.C23H21ClFN3O2S.C23H21ClFN3S.C3H7BO2.Li.2H2O/c1-3-10-28-13-15(12-27-28)29-20-17(8-9-18(25)19(20)26)21(22(29)24)32-16-7-5-6-14(11-16)23(30)31-4-2;1-3-10-27-13-16(12-26-27)28-14-20(18-8-9-19(24)21(25)22(18)28)31-17-7-5-6-15(11-17)23(29)30-4-2;1-2-12-27-14-16(13-26-27)28-21(15-8-9-15)23(29-17-6-4-3-5-7-17)18-10-11-19(24)20(25)22(18)28;5-4(6)3-1-2-3;;;/h5-9,11-13H,3-4,10H2,1-2H3;5-9,11-14H,3-4,10H2,1-2H3;3-7,10-11,13-15H,2,8-9,12H2,1H3;3,5-6H,1-2H2;;2*1H2/q;;;;+1;;/p-1. The predicted molar refractivity (Wildman–Crippen MR) is 395 cm³/mol. The molecule has 6 aromatic carbocycles. The predicted octanol–water partition coefficient (Wildman–Crippen LogP) is 16.2. The molecule has 5 N–H and O–H groups in total. The molecular formula is C72H72BBrCl3F3LiN9O8S3. The van der Waals surface area contributed by atoms with Crippen LogP contribution in [-0.2, 0) is 29.1 Å². The molecule has 0 atom stereocenters. The number of carbonyl (C=O) groups excluding carboxylic acids is 2. The van der Waals surface area contributed by atoms with Crippen molar-refractivity contribution in [2.45, 2.75) is 140 Å². The molecule has 2 saturated carbocycles. The Morgan fingerprint density at radius 3 is 1.47 bits per heavy atom. The first kappa shape index (κ1) is 79.9. The molecule has 29 heteroatoms. The molecule has 12 aromatic rings. The van der Waals surface area contributed by atoms with Gasteiger partial charge in [-0.05, 0) is 153 Å². The number of ether oxygens (including phenoxy) is 2. The summed E-state index contributed by atoms with van der Waals surface area (Å²) < 4.78 is 67.6. The molecule has 0 saturated heterocycles. The van der Waals surface area contributed by atoms with E-state index < -0.39 is 18.8 Å². The van der Waals surface area contributed by atoms with Gasteiger partial charge in [-0.15, -0.1) is 0 Å². The molecule has 6 aromatic heterocycles. The topological polar surface area (TPSA) is 223 Å². The normalized spacial score (nSPS) is 12.3. The minimum Gasteiger partial charge on any atom is -0.870 e. The maximum absolute atomic E-state index is 15.3. The summed E-state index contributed by atoms with van der Waals surface area (Å²) in [4.78, 5) is 29.8. The Labute approximate surface area is 631 Å². The molecule has 2 aliphatic rings. The second kappa shape index (κ2) is 36.6. The van der Waals surface area contributed by atoms with Gasteiger partial charge in [0, 0.05) is 96.7 Å². The number of fused-ring (bicyclic) bond motifs is 3. The van der Waals surface area contributed by atoms with Gasteiger partial charge in [-0.2, -0.15) is 15.3 Å². The number of benzene rings is 6. The van der Waals surface area contributed by atoms with E-state index in [9.17, 15) is 9.59 Å². The molecule has 17 nitrogen and oxygen atoms in total. The van der Waals surface area contributed by atoms with Crippen molar-refractivity contribution in [1.82, 2.24) is 43.0 Å². The maximum Gasteiger partial charge on any atom is 1.00 e. The zero-order valence-corrected chi connectivity index (χ0v) is 62.4. The van der Waals surface area contributed by atoms with Gasteiger partial charge in [0.1, 0.15) is 4.60 Å². The van der Waals surface area contributed by atoms with Crippen molar-refractivity contribution in [1.29, 1.82) is 0 Å². The van der Waals surface area contributed by atoms with Crippen LogP contribution in [0.15, 0.2) is 193 Å². The van der Waals surface area contributed by atoms with E-state index in [0.29, 0.717) is 56.8 Å². The fourth-order valence-electron chi connectivity index (χ4n) is 11.0. The molecule has 0 aliphatic heterocycles. The maximum atomic E-state index is 15.3. The number of rotatable bonds is 21. The molecule has 0 radical (unpaired) electrons. The summed E-state index contributed by atoms with van der Waals surface area (Å²) in [5, 5.41) is 32.3. The van der Waals surface area contributed by atoms with Crippen molar-refractivity contribution in [3.63, 3.8) is 0 Å². The zero-order valence-electron chi connectivity index (χ0n) is 56.1. The van der Waals surface area contributed by atoms with Gasteiger partial charge in [-0.3, -0.25) is 18.6 Å². The first-order chi connectivity index (χ1) is 47.4. The van der Waals surface area contributed by atoms with E-state index in [4.69, 9.17) is 54.3 Å². The summed E-state index contributed by atoms with van der Waals surface area (Å²) in [7, 11) is -1.04. The van der Waals surface area contributed by atoms with Crippen LogP contribution in [-0.4, -0.2) is 96.3 Å². The summed E-state index contributed by atoms with van der Waals surface area (Å²) in [6.45, 7) is 12.8. The smallest absolute Gasteiger partial charge is 0.870 e. The Kier molecular flexibility index (Phi) is 28.9. The number of aryl methyl sites for hydroxylation is 3. The van der Waals surface area contributed by atoms with Gasteiger partial charge in [0.15, 0.2) is 17.5 Å². The molecule has 524 valence electrons. The second-order valence-electron chi connectivity index (χ2n) is 23.2. The summed E-state index contributed by atoms with van der Waals surface area (Å²) >= 11 is 26.7. The molecule has 6 heterocycles. The second-order valence-corrected chi connectivity index (χ2v) is 28.4. The number of aromatic nitrogens is 9. The van der Waals surface area contributed by atoms with Gasteiger partial charge in [-0.25, -0.2) is 22.8 Å². The van der Waals surface area contributed by atoms with E-state index in [-0.39, 0.29) is 68.5 Å². The Hall–Kier alpha value is -6.80. The van der Waals surface area contributed by atoms with Crippen LogP contribution >= 0.6 is 86.0 Å². The van der Waals surface area contributed by atoms with Crippen molar-refractivity contribution in [3.8, 4) is 17.1 Å². The summed E-state index contributed by atoms with van der Waals surface area (Å²) in [5.41, 5.74) is 5.80. The van der Waals surface area contributed by atoms with Crippen LogP contribution in [0.2, 0.25) is 20.9 Å². The quantitative estimate of drug-likeness (QED) is 0.0505. The molecule has 14 rings (SSSR count). The van der Waals surface area contributed by atoms with Crippen LogP contribution in [0.1, 0.15) is 112 Å². The number of hydrogen-bond acceptors (Lipinski definition) is 13. The van der Waals surface area contributed by atoms with E-state index >= 15 is 13.2 Å². The number of carbonyl (C=O) groups is 2. The minimum atomic E-state index is -1.04. The molecule has 101 heavy (non-hydrogen) atoms. The Bertz CT molecular complexity index is 4840. The van der Waals surface area contributed by atoms with Crippen molar-refractivity contribution in [2.75, 3.05) is 13.2 Å². The van der Waals surface area contributed by atoms with Gasteiger partial charge in [0.25, 0.3) is 0 Å². The Morgan fingerprint density at radius 2 is 0.990 bits per heavy atom. The zero-order chi connectivity index (χ0) is 69.3. The van der Waals surface area contributed by atoms with E-state index in [1.165, 1.54) is 29.2 Å². The molecular weight excluding hydrogens is 1480 g/mol. The number of halogens is 7. The minimum absolute atomic E-state index is 0. The average Bonchev–Trinajstić information content (AvgIpc) is 1.59. The van der Waals surface area contributed by atoms with E-state index in [1.807, 2.05) is 87.5 Å². The average molecular weight is 1550 g/mol. The number of esters is 2. The van der Waals surface area contributed by atoms with Crippen LogP contribution in [0.3, 0.4) is 0 Å². The third-order valence-corrected chi connectivity index (χ3v) is 21.0. The molecule has 0 amide bonds. The third kappa shape index (κ3) is 18.6. The first-order valence-corrected chi connectivity index (χ1v) is 36.6. The fourth-order valence-corrected chi connectivity index (χ4v) is 15.5. The molecule has 0 bridgehead atoms. The van der Waals surface area contributed by atoms with Crippen LogP contribution in [0.4, 0.5) is 13.2 Å². The van der Waals surface area contributed by atoms with Gasteiger partial charge >= 0.3 is 37.9 Å². The van der Waals surface area contributed by atoms with E-state index in [2.05, 4.69) is 68.7 Å². The van der Waals surface area contributed by atoms with Gasteiger partial charge in [0.05, 0.1) is 96.5 Å². The molecule has 0 unspecified atom stereocenters. The van der Waals surface area contributed by atoms with Crippen LogP contribution in [0.5, 0.6) is 0 Å². The van der Waals surface area contributed by atoms with Gasteiger partial charge in [-0.1, -0.05) is 134 Å². The summed E-state index contributed by atoms with van der Waals surface area (Å²) in [6, 6.07) is 35.0. The fraction of sp³-hybridized carbons (Fsp3) is 0.264. The first-order valence-electron chi connectivity index (χ1n) is 32.2. The van der Waals surface area contributed by atoms with E-state index in [1.54, 1.807) is 108 Å². The Morgan fingerprint density at radius 1 is 0.554 bits per heavy atom. The monoisotopic (exact) mass is 1550 g/mol. The summed E-state index contributed by atoms with van der Waals surface area (Å²) in [5.74, 6) is -1.44. The van der Waals surface area contributed by atoms with Crippen LogP contribution < -0.4 is 18.9 Å². The Balaban J connectivity index is 0.000000182. The van der Waals surface area contributed by atoms with Crippen molar-refractivity contribution in [3.05, 3.63) is 213 Å². The van der Waals surface area contributed by atoms with Crippen molar-refractivity contribution >= 4 is 138 Å². The van der Waals surface area contributed by atoms with E-state index in [0.717, 1.165) is 122 Å². The van der Waals surface area contributed by atoms with Crippen molar-refractivity contribution < 1.29 is 72.1 Å². The largest absolute Gasteiger partial charge is 1.00 e. The number of nitrogens with zero attached hydrogens (tertiary/aromatic N) is 9.